The van der Waals surface area contributed by atoms with Crippen LogP contribution in [0.1, 0.15) is 23.1 Å². The number of nitrogens with zero attached hydrogens (tertiary/aromatic N) is 1. The van der Waals surface area contributed by atoms with Gasteiger partial charge < -0.3 is 10.2 Å². The molecule has 0 bridgehead atoms. The molecule has 0 atom stereocenters. The van der Waals surface area contributed by atoms with Crippen LogP contribution in [0.15, 0.2) is 36.4 Å². The first kappa shape index (κ1) is 13.0. The van der Waals surface area contributed by atoms with Crippen LogP contribution < -0.4 is 10.2 Å². The molecule has 0 aliphatic carbocycles. The van der Waals surface area contributed by atoms with E-state index in [0.717, 1.165) is 6.54 Å². The Morgan fingerprint density at radius 2 is 1.70 bits per heavy atom. The quantitative estimate of drug-likeness (QED) is 0.865. The predicted octanol–water partition coefficient (Wildman–Crippen LogP) is 4.43. The number of benzene rings is 2. The molecule has 1 N–H and O–H groups in total. The van der Waals surface area contributed by atoms with Gasteiger partial charge in [0.05, 0.1) is 0 Å². The summed E-state index contributed by atoms with van der Waals surface area (Å²) < 4.78 is 0. The van der Waals surface area contributed by atoms with Gasteiger partial charge in [-0.1, -0.05) is 12.1 Å². The molecule has 0 saturated heterocycles. The van der Waals surface area contributed by atoms with Crippen LogP contribution >= 0.6 is 0 Å². The Kier molecular flexibility index (Phi) is 3.39. The topological polar surface area (TPSA) is 15.3 Å². The molecule has 1 aliphatic rings. The molecule has 2 aromatic rings. The smallest absolute Gasteiger partial charge is 0.0429 e. The van der Waals surface area contributed by atoms with E-state index in [-0.39, 0.29) is 0 Å². The van der Waals surface area contributed by atoms with Crippen LogP contribution in [0.5, 0.6) is 0 Å². The van der Waals surface area contributed by atoms with Crippen molar-refractivity contribution >= 4 is 17.1 Å². The maximum atomic E-state index is 3.51. The molecule has 2 aromatic carbocycles. The second-order valence-electron chi connectivity index (χ2n) is 5.78. The van der Waals surface area contributed by atoms with Crippen LogP contribution in [0.4, 0.5) is 17.1 Å². The predicted molar refractivity (Wildman–Crippen MR) is 87.2 cm³/mol. The van der Waals surface area contributed by atoms with Crippen LogP contribution in [0.25, 0.3) is 0 Å². The molecule has 1 aliphatic heterocycles. The van der Waals surface area contributed by atoms with Crippen LogP contribution in [0, 0.1) is 13.8 Å². The molecule has 0 unspecified atom stereocenters. The molecule has 20 heavy (non-hydrogen) atoms. The summed E-state index contributed by atoms with van der Waals surface area (Å²) in [6.07, 6.45) is 2.43. The first-order chi connectivity index (χ1) is 9.63. The van der Waals surface area contributed by atoms with E-state index >= 15 is 0 Å². The van der Waals surface area contributed by atoms with Crippen molar-refractivity contribution in [3.63, 3.8) is 0 Å². The lowest BCUT2D eigenvalue weighted by Gasteiger charge is -2.24. The fraction of sp³-hybridized carbons (Fsp3) is 0.333. The highest BCUT2D eigenvalue weighted by Crippen LogP contribution is 2.31. The lowest BCUT2D eigenvalue weighted by Crippen LogP contribution is -2.14. The first-order valence-corrected chi connectivity index (χ1v) is 7.32. The summed E-state index contributed by atoms with van der Waals surface area (Å²) in [6.45, 7) is 5.39. The van der Waals surface area contributed by atoms with Crippen molar-refractivity contribution in [3.05, 3.63) is 53.1 Å². The highest BCUT2D eigenvalue weighted by molar-refractivity contribution is 5.70. The fourth-order valence-electron chi connectivity index (χ4n) is 2.95. The van der Waals surface area contributed by atoms with Crippen molar-refractivity contribution in [2.45, 2.75) is 26.7 Å². The molecule has 104 valence electrons. The average Bonchev–Trinajstić information content (AvgIpc) is 2.45. The van der Waals surface area contributed by atoms with E-state index < -0.39 is 0 Å². The number of hydrogen-bond acceptors (Lipinski definition) is 2. The zero-order valence-corrected chi connectivity index (χ0v) is 12.5. The Labute approximate surface area is 121 Å². The van der Waals surface area contributed by atoms with Crippen molar-refractivity contribution in [2.75, 3.05) is 23.8 Å². The Hall–Kier alpha value is -1.96. The summed E-state index contributed by atoms with van der Waals surface area (Å²) >= 11 is 0. The van der Waals surface area contributed by atoms with Gasteiger partial charge >= 0.3 is 0 Å². The van der Waals surface area contributed by atoms with E-state index in [2.05, 4.69) is 67.5 Å². The second-order valence-corrected chi connectivity index (χ2v) is 5.78. The number of anilines is 3. The van der Waals surface area contributed by atoms with Gasteiger partial charge in [0.25, 0.3) is 0 Å². The Balaban J connectivity index is 1.95. The van der Waals surface area contributed by atoms with Crippen LogP contribution in [0.3, 0.4) is 0 Å². The molecule has 0 amide bonds. The number of hydrogen-bond donors (Lipinski definition) is 1. The molecule has 0 radical (unpaired) electrons. The highest BCUT2D eigenvalue weighted by atomic mass is 15.1. The van der Waals surface area contributed by atoms with Crippen molar-refractivity contribution in [3.8, 4) is 0 Å². The number of aryl methyl sites for hydroxylation is 3. The van der Waals surface area contributed by atoms with E-state index in [0.29, 0.717) is 0 Å². The van der Waals surface area contributed by atoms with Gasteiger partial charge in [-0.3, -0.25) is 0 Å². The van der Waals surface area contributed by atoms with E-state index in [1.807, 2.05) is 0 Å². The van der Waals surface area contributed by atoms with Gasteiger partial charge in [0.1, 0.15) is 0 Å². The van der Waals surface area contributed by atoms with Gasteiger partial charge in [-0.25, -0.2) is 0 Å². The SMILES string of the molecule is Cc1cc(C)cc(N(C)c2ccc3c(c2)NCCC3)c1. The normalized spacial score (nSPS) is 13.6. The third kappa shape index (κ3) is 2.51. The van der Waals surface area contributed by atoms with Gasteiger partial charge in [-0.05, 0) is 67.6 Å². The summed E-state index contributed by atoms with van der Waals surface area (Å²) in [6, 6.07) is 13.4. The zero-order chi connectivity index (χ0) is 14.1. The second kappa shape index (κ2) is 5.20. The lowest BCUT2D eigenvalue weighted by molar-refractivity contribution is 0.830. The Morgan fingerprint density at radius 3 is 2.45 bits per heavy atom. The Bertz CT molecular complexity index is 611. The lowest BCUT2D eigenvalue weighted by atomic mass is 10.0. The third-order valence-electron chi connectivity index (χ3n) is 4.01. The molecule has 2 heteroatoms. The molecule has 1 heterocycles. The molecule has 0 saturated carbocycles. The summed E-state index contributed by atoms with van der Waals surface area (Å²) in [7, 11) is 2.14. The van der Waals surface area contributed by atoms with E-state index in [1.54, 1.807) is 0 Å². The summed E-state index contributed by atoms with van der Waals surface area (Å²) in [5, 5.41) is 3.51. The molecule has 0 aromatic heterocycles. The van der Waals surface area contributed by atoms with E-state index in [1.165, 1.54) is 46.6 Å². The minimum Gasteiger partial charge on any atom is -0.385 e. The highest BCUT2D eigenvalue weighted by Gasteiger charge is 2.11. The minimum atomic E-state index is 1.09. The molecular formula is C18H22N2. The largest absolute Gasteiger partial charge is 0.385 e. The van der Waals surface area contributed by atoms with E-state index in [4.69, 9.17) is 0 Å². The number of fused-ring (bicyclic) bond motifs is 1. The summed E-state index contributed by atoms with van der Waals surface area (Å²) in [5.74, 6) is 0. The molecule has 2 nitrogen and oxygen atoms in total. The van der Waals surface area contributed by atoms with Gasteiger partial charge in [0.15, 0.2) is 0 Å². The van der Waals surface area contributed by atoms with Gasteiger partial charge in [-0.2, -0.15) is 0 Å². The van der Waals surface area contributed by atoms with E-state index in [9.17, 15) is 0 Å². The minimum absolute atomic E-state index is 1.09. The summed E-state index contributed by atoms with van der Waals surface area (Å²) in [5.41, 5.74) is 7.84. The van der Waals surface area contributed by atoms with Crippen molar-refractivity contribution in [1.29, 1.82) is 0 Å². The maximum absolute atomic E-state index is 3.51. The monoisotopic (exact) mass is 266 g/mol. The van der Waals surface area contributed by atoms with Crippen molar-refractivity contribution < 1.29 is 0 Å². The fourth-order valence-corrected chi connectivity index (χ4v) is 2.95. The van der Waals surface area contributed by atoms with Crippen molar-refractivity contribution in [1.82, 2.24) is 0 Å². The first-order valence-electron chi connectivity index (χ1n) is 7.32. The van der Waals surface area contributed by atoms with Gasteiger partial charge in [0.2, 0.25) is 0 Å². The molecule has 0 fully saturated rings. The average molecular weight is 266 g/mol. The van der Waals surface area contributed by atoms with Gasteiger partial charge in [-0.15, -0.1) is 0 Å². The van der Waals surface area contributed by atoms with Crippen LogP contribution in [-0.4, -0.2) is 13.6 Å². The van der Waals surface area contributed by atoms with Crippen LogP contribution in [-0.2, 0) is 6.42 Å². The number of rotatable bonds is 2. The van der Waals surface area contributed by atoms with Gasteiger partial charge in [0, 0.05) is 30.7 Å². The van der Waals surface area contributed by atoms with Crippen LogP contribution in [0.2, 0.25) is 0 Å². The standard InChI is InChI=1S/C18H22N2/c1-13-9-14(2)11-17(10-13)20(3)16-7-6-15-5-4-8-19-18(15)12-16/h6-7,9-12,19H,4-5,8H2,1-3H3. The summed E-state index contributed by atoms with van der Waals surface area (Å²) in [4.78, 5) is 2.26. The van der Waals surface area contributed by atoms with Crippen molar-refractivity contribution in [2.24, 2.45) is 0 Å². The molecule has 0 spiro atoms. The molecular weight excluding hydrogens is 244 g/mol. The third-order valence-corrected chi connectivity index (χ3v) is 4.01. The number of nitrogens with one attached hydrogen (secondary N) is 1. The zero-order valence-electron chi connectivity index (χ0n) is 12.5. The molecule has 3 rings (SSSR count). The maximum Gasteiger partial charge on any atom is 0.0429 e. The Morgan fingerprint density at radius 1 is 0.950 bits per heavy atom.